The molecule has 0 unspecified atom stereocenters. The van der Waals surface area contributed by atoms with E-state index in [2.05, 4.69) is 10.6 Å². The number of likely N-dealkylation sites (tertiary alicyclic amines) is 1. The van der Waals surface area contributed by atoms with Crippen LogP contribution in [0.5, 0.6) is 5.75 Å². The molecular formula is C18H25N3O4. The second kappa shape index (κ2) is 9.05. The van der Waals surface area contributed by atoms with Crippen LogP contribution in [0.1, 0.15) is 26.7 Å². The third-order valence-electron chi connectivity index (χ3n) is 4.04. The zero-order valence-electron chi connectivity index (χ0n) is 14.7. The first-order chi connectivity index (χ1) is 12.0. The fourth-order valence-corrected chi connectivity index (χ4v) is 2.81. The number of anilines is 1. The Hall–Kier alpha value is -2.57. The van der Waals surface area contributed by atoms with Crippen molar-refractivity contribution in [1.82, 2.24) is 10.2 Å². The molecule has 0 spiro atoms. The normalized spacial score (nSPS) is 16.4. The molecule has 25 heavy (non-hydrogen) atoms. The highest BCUT2D eigenvalue weighted by Crippen LogP contribution is 2.24. The molecule has 0 aromatic heterocycles. The Labute approximate surface area is 147 Å². The number of hydrogen-bond donors (Lipinski definition) is 2. The van der Waals surface area contributed by atoms with Gasteiger partial charge in [0.1, 0.15) is 12.2 Å². The van der Waals surface area contributed by atoms with Crippen LogP contribution in [-0.4, -0.2) is 48.9 Å². The van der Waals surface area contributed by atoms with Crippen LogP contribution in [0.25, 0.3) is 0 Å². The Morgan fingerprint density at radius 1 is 1.24 bits per heavy atom. The standard InChI is InChI=1S/C18H25N3O4/c1-3-19-18(24)13-9-10-21(12-13)17(23)11-16(22)20-14-7-5-6-8-15(14)25-4-2/h5-8,13H,3-4,9-12H2,1-2H3,(H,19,24)(H,20,22)/t13-/m1/s1. The molecule has 7 heteroatoms. The molecule has 1 aliphatic heterocycles. The van der Waals surface area contributed by atoms with Crippen molar-refractivity contribution in [1.29, 1.82) is 0 Å². The van der Waals surface area contributed by atoms with Gasteiger partial charge in [-0.25, -0.2) is 0 Å². The number of carbonyl (C=O) groups is 3. The number of amides is 3. The maximum absolute atomic E-state index is 12.3. The van der Waals surface area contributed by atoms with E-state index in [0.29, 0.717) is 44.1 Å². The molecule has 0 bridgehead atoms. The van der Waals surface area contributed by atoms with Gasteiger partial charge in [0.05, 0.1) is 18.2 Å². The molecule has 1 fully saturated rings. The highest BCUT2D eigenvalue weighted by atomic mass is 16.5. The number of nitrogens with zero attached hydrogens (tertiary/aromatic N) is 1. The lowest BCUT2D eigenvalue weighted by atomic mass is 10.1. The quantitative estimate of drug-likeness (QED) is 0.730. The van der Waals surface area contributed by atoms with E-state index in [1.807, 2.05) is 19.9 Å². The summed E-state index contributed by atoms with van der Waals surface area (Å²) in [6, 6.07) is 7.10. The van der Waals surface area contributed by atoms with Crippen molar-refractivity contribution < 1.29 is 19.1 Å². The van der Waals surface area contributed by atoms with E-state index in [0.717, 1.165) is 0 Å². The fraction of sp³-hybridized carbons (Fsp3) is 0.500. The van der Waals surface area contributed by atoms with Crippen molar-refractivity contribution in [3.05, 3.63) is 24.3 Å². The van der Waals surface area contributed by atoms with Gasteiger partial charge >= 0.3 is 0 Å². The average Bonchev–Trinajstić information content (AvgIpc) is 3.07. The molecule has 2 N–H and O–H groups in total. The van der Waals surface area contributed by atoms with Crippen molar-refractivity contribution in [2.75, 3.05) is 31.6 Å². The van der Waals surface area contributed by atoms with Crippen molar-refractivity contribution in [2.24, 2.45) is 5.92 Å². The van der Waals surface area contributed by atoms with Crippen LogP contribution in [0, 0.1) is 5.92 Å². The molecule has 1 heterocycles. The number of carbonyl (C=O) groups excluding carboxylic acids is 3. The Morgan fingerprint density at radius 2 is 2.00 bits per heavy atom. The summed E-state index contributed by atoms with van der Waals surface area (Å²) in [6.45, 7) is 5.66. The number of rotatable bonds is 7. The van der Waals surface area contributed by atoms with Gasteiger partial charge in [0, 0.05) is 19.6 Å². The van der Waals surface area contributed by atoms with Gasteiger partial charge in [0.2, 0.25) is 17.7 Å². The van der Waals surface area contributed by atoms with Crippen LogP contribution in [0.4, 0.5) is 5.69 Å². The Morgan fingerprint density at radius 3 is 2.72 bits per heavy atom. The molecular weight excluding hydrogens is 322 g/mol. The second-order valence-electron chi connectivity index (χ2n) is 5.87. The molecule has 1 aromatic rings. The summed E-state index contributed by atoms with van der Waals surface area (Å²) in [5.74, 6) is -0.307. The molecule has 1 atom stereocenters. The highest BCUT2D eigenvalue weighted by molar-refractivity contribution is 6.04. The van der Waals surface area contributed by atoms with Crippen molar-refractivity contribution in [3.8, 4) is 5.75 Å². The number of hydrogen-bond acceptors (Lipinski definition) is 4. The topological polar surface area (TPSA) is 87.7 Å². The van der Waals surface area contributed by atoms with Gasteiger partial charge in [-0.2, -0.15) is 0 Å². The van der Waals surface area contributed by atoms with Crippen molar-refractivity contribution in [2.45, 2.75) is 26.7 Å². The Kier molecular flexibility index (Phi) is 6.80. The summed E-state index contributed by atoms with van der Waals surface area (Å²) in [4.78, 5) is 37.9. The monoisotopic (exact) mass is 347 g/mol. The van der Waals surface area contributed by atoms with E-state index in [4.69, 9.17) is 4.74 Å². The molecule has 1 aromatic carbocycles. The van der Waals surface area contributed by atoms with Crippen LogP contribution in [0.3, 0.4) is 0 Å². The minimum atomic E-state index is -0.390. The summed E-state index contributed by atoms with van der Waals surface area (Å²) < 4.78 is 5.45. The zero-order valence-corrected chi connectivity index (χ0v) is 14.7. The maximum atomic E-state index is 12.3. The summed E-state index contributed by atoms with van der Waals surface area (Å²) >= 11 is 0. The van der Waals surface area contributed by atoms with E-state index in [1.54, 1.807) is 23.1 Å². The molecule has 1 aliphatic rings. The first kappa shape index (κ1) is 18.8. The first-order valence-electron chi connectivity index (χ1n) is 8.62. The molecule has 136 valence electrons. The number of benzene rings is 1. The predicted octanol–water partition coefficient (Wildman–Crippen LogP) is 1.40. The lowest BCUT2D eigenvalue weighted by Gasteiger charge is -2.17. The summed E-state index contributed by atoms with van der Waals surface area (Å²) in [7, 11) is 0. The van der Waals surface area contributed by atoms with Gasteiger partial charge in [-0.1, -0.05) is 12.1 Å². The van der Waals surface area contributed by atoms with Gasteiger partial charge in [-0.3, -0.25) is 14.4 Å². The molecule has 0 saturated carbocycles. The molecule has 0 aliphatic carbocycles. The van der Waals surface area contributed by atoms with E-state index in [1.165, 1.54) is 0 Å². The molecule has 1 saturated heterocycles. The van der Waals surface area contributed by atoms with E-state index in [-0.39, 0.29) is 24.2 Å². The van der Waals surface area contributed by atoms with Gasteiger partial charge in [-0.15, -0.1) is 0 Å². The molecule has 2 rings (SSSR count). The Bertz CT molecular complexity index is 633. The third kappa shape index (κ3) is 5.20. The van der Waals surface area contributed by atoms with Crippen LogP contribution in [0.2, 0.25) is 0 Å². The smallest absolute Gasteiger partial charge is 0.233 e. The minimum absolute atomic E-state index is 0.0344. The number of ether oxygens (including phenoxy) is 1. The predicted molar refractivity (Wildman–Crippen MR) is 94.2 cm³/mol. The summed E-state index contributed by atoms with van der Waals surface area (Å²) in [6.07, 6.45) is 0.384. The number of nitrogens with one attached hydrogen (secondary N) is 2. The Balaban J connectivity index is 1.87. The molecule has 3 amide bonds. The van der Waals surface area contributed by atoms with Crippen molar-refractivity contribution in [3.63, 3.8) is 0 Å². The lowest BCUT2D eigenvalue weighted by Crippen LogP contribution is -2.35. The van der Waals surface area contributed by atoms with E-state index in [9.17, 15) is 14.4 Å². The largest absolute Gasteiger partial charge is 0.492 e. The van der Waals surface area contributed by atoms with E-state index < -0.39 is 5.91 Å². The van der Waals surface area contributed by atoms with E-state index >= 15 is 0 Å². The van der Waals surface area contributed by atoms with Crippen LogP contribution in [0.15, 0.2) is 24.3 Å². The zero-order chi connectivity index (χ0) is 18.2. The van der Waals surface area contributed by atoms with Gasteiger partial charge in [0.15, 0.2) is 0 Å². The highest BCUT2D eigenvalue weighted by Gasteiger charge is 2.31. The van der Waals surface area contributed by atoms with Gasteiger partial charge in [-0.05, 0) is 32.4 Å². The van der Waals surface area contributed by atoms with Gasteiger partial charge in [0.25, 0.3) is 0 Å². The van der Waals surface area contributed by atoms with Gasteiger partial charge < -0.3 is 20.3 Å². The molecule has 0 radical (unpaired) electrons. The average molecular weight is 347 g/mol. The minimum Gasteiger partial charge on any atom is -0.492 e. The third-order valence-corrected chi connectivity index (χ3v) is 4.04. The van der Waals surface area contributed by atoms with Crippen molar-refractivity contribution >= 4 is 23.4 Å². The number of para-hydroxylation sites is 2. The summed E-state index contributed by atoms with van der Waals surface area (Å²) in [5, 5.41) is 5.48. The SMILES string of the molecule is CCNC(=O)[C@@H]1CCN(C(=O)CC(=O)Nc2ccccc2OCC)C1. The summed E-state index contributed by atoms with van der Waals surface area (Å²) in [5.41, 5.74) is 0.545. The second-order valence-corrected chi connectivity index (χ2v) is 5.87. The molecule has 7 nitrogen and oxygen atoms in total. The first-order valence-corrected chi connectivity index (χ1v) is 8.62. The van der Waals surface area contributed by atoms with Crippen LogP contribution < -0.4 is 15.4 Å². The lowest BCUT2D eigenvalue weighted by molar-refractivity contribution is -0.133. The fourth-order valence-electron chi connectivity index (χ4n) is 2.81. The maximum Gasteiger partial charge on any atom is 0.233 e. The van der Waals surface area contributed by atoms with Crippen LogP contribution >= 0.6 is 0 Å². The van der Waals surface area contributed by atoms with Crippen LogP contribution in [-0.2, 0) is 14.4 Å².